The SMILES string of the molecule is COC(CNC(=O)c1c(C)oc(C)c1C)CC(=O)O. The molecule has 1 unspecified atom stereocenters. The molecular formula is C13H19NO5. The second-order valence-electron chi connectivity index (χ2n) is 4.38. The maximum Gasteiger partial charge on any atom is 0.306 e. The third-order valence-electron chi connectivity index (χ3n) is 3.01. The van der Waals surface area contributed by atoms with Crippen LogP contribution in [0.3, 0.4) is 0 Å². The fourth-order valence-electron chi connectivity index (χ4n) is 1.86. The Balaban J connectivity index is 2.67. The van der Waals surface area contributed by atoms with E-state index in [1.54, 1.807) is 13.8 Å². The molecule has 1 amide bonds. The Hall–Kier alpha value is -1.82. The average Bonchev–Trinajstić information content (AvgIpc) is 2.58. The zero-order chi connectivity index (χ0) is 14.6. The van der Waals surface area contributed by atoms with E-state index in [0.29, 0.717) is 17.1 Å². The van der Waals surface area contributed by atoms with Crippen molar-refractivity contribution in [2.75, 3.05) is 13.7 Å². The summed E-state index contributed by atoms with van der Waals surface area (Å²) >= 11 is 0. The number of hydrogen-bond acceptors (Lipinski definition) is 4. The molecule has 0 spiro atoms. The van der Waals surface area contributed by atoms with Crippen LogP contribution in [0, 0.1) is 20.8 Å². The van der Waals surface area contributed by atoms with Crippen molar-refractivity contribution in [1.29, 1.82) is 0 Å². The van der Waals surface area contributed by atoms with E-state index >= 15 is 0 Å². The molecule has 0 aromatic carbocycles. The van der Waals surface area contributed by atoms with Crippen LogP contribution in [0.5, 0.6) is 0 Å². The molecule has 0 aliphatic carbocycles. The van der Waals surface area contributed by atoms with Crippen molar-refractivity contribution < 1.29 is 23.8 Å². The highest BCUT2D eigenvalue weighted by molar-refractivity contribution is 5.96. The van der Waals surface area contributed by atoms with Crippen molar-refractivity contribution in [3.8, 4) is 0 Å². The summed E-state index contributed by atoms with van der Waals surface area (Å²) in [6.45, 7) is 5.47. The fourth-order valence-corrected chi connectivity index (χ4v) is 1.86. The van der Waals surface area contributed by atoms with Crippen molar-refractivity contribution in [3.05, 3.63) is 22.6 Å². The Morgan fingerprint density at radius 2 is 1.95 bits per heavy atom. The van der Waals surface area contributed by atoms with E-state index in [1.165, 1.54) is 7.11 Å². The van der Waals surface area contributed by atoms with Gasteiger partial charge in [-0.3, -0.25) is 9.59 Å². The number of carboxylic acids is 1. The van der Waals surface area contributed by atoms with Gasteiger partial charge in [-0.05, 0) is 20.8 Å². The smallest absolute Gasteiger partial charge is 0.306 e. The number of ether oxygens (including phenoxy) is 1. The Kier molecular flexibility index (Phi) is 5.11. The van der Waals surface area contributed by atoms with Gasteiger partial charge in [0.15, 0.2) is 0 Å². The fraction of sp³-hybridized carbons (Fsp3) is 0.538. The summed E-state index contributed by atoms with van der Waals surface area (Å²) in [5.74, 6) is 0.0167. The number of aryl methyl sites for hydroxylation is 2. The van der Waals surface area contributed by atoms with Crippen molar-refractivity contribution >= 4 is 11.9 Å². The normalized spacial score (nSPS) is 12.2. The van der Waals surface area contributed by atoms with Crippen molar-refractivity contribution in [1.82, 2.24) is 5.32 Å². The number of amides is 1. The topological polar surface area (TPSA) is 88.8 Å². The maximum atomic E-state index is 12.0. The number of aliphatic carboxylic acids is 1. The van der Waals surface area contributed by atoms with Crippen LogP contribution in [-0.4, -0.2) is 36.7 Å². The van der Waals surface area contributed by atoms with E-state index in [4.69, 9.17) is 14.3 Å². The molecule has 0 fully saturated rings. The summed E-state index contributed by atoms with van der Waals surface area (Å²) in [5.41, 5.74) is 1.30. The Bertz CT molecular complexity index is 478. The van der Waals surface area contributed by atoms with E-state index in [9.17, 15) is 9.59 Å². The third-order valence-corrected chi connectivity index (χ3v) is 3.01. The summed E-state index contributed by atoms with van der Waals surface area (Å²) in [6, 6.07) is 0. The molecule has 6 nitrogen and oxygen atoms in total. The summed E-state index contributed by atoms with van der Waals surface area (Å²) in [6.07, 6.45) is -0.700. The Morgan fingerprint density at radius 3 is 2.37 bits per heavy atom. The molecule has 0 saturated carbocycles. The molecule has 1 rings (SSSR count). The predicted molar refractivity (Wildman–Crippen MR) is 68.3 cm³/mol. The third kappa shape index (κ3) is 3.82. The van der Waals surface area contributed by atoms with Gasteiger partial charge >= 0.3 is 5.97 Å². The minimum absolute atomic E-state index is 0.144. The summed E-state index contributed by atoms with van der Waals surface area (Å²) in [7, 11) is 1.41. The Labute approximate surface area is 111 Å². The second kappa shape index (κ2) is 6.38. The van der Waals surface area contributed by atoms with Gasteiger partial charge in [-0.1, -0.05) is 0 Å². The summed E-state index contributed by atoms with van der Waals surface area (Å²) in [5, 5.41) is 11.3. The predicted octanol–water partition coefficient (Wildman–Crippen LogP) is 1.42. The van der Waals surface area contributed by atoms with Crippen LogP contribution < -0.4 is 5.32 Å². The molecular weight excluding hydrogens is 250 g/mol. The van der Waals surface area contributed by atoms with Gasteiger partial charge in [0.1, 0.15) is 11.5 Å². The van der Waals surface area contributed by atoms with Gasteiger partial charge in [0, 0.05) is 19.2 Å². The van der Waals surface area contributed by atoms with Crippen LogP contribution in [-0.2, 0) is 9.53 Å². The van der Waals surface area contributed by atoms with Gasteiger partial charge in [0.05, 0.1) is 18.1 Å². The monoisotopic (exact) mass is 269 g/mol. The first-order valence-electron chi connectivity index (χ1n) is 5.96. The number of methoxy groups -OCH3 is 1. The van der Waals surface area contributed by atoms with Gasteiger partial charge < -0.3 is 19.6 Å². The molecule has 0 aliphatic rings. The highest BCUT2D eigenvalue weighted by Crippen LogP contribution is 2.20. The van der Waals surface area contributed by atoms with Gasteiger partial charge in [0.25, 0.3) is 5.91 Å². The molecule has 0 bridgehead atoms. The number of rotatable bonds is 6. The van der Waals surface area contributed by atoms with Crippen molar-refractivity contribution in [2.45, 2.75) is 33.3 Å². The molecule has 19 heavy (non-hydrogen) atoms. The minimum atomic E-state index is -0.965. The second-order valence-corrected chi connectivity index (χ2v) is 4.38. The lowest BCUT2D eigenvalue weighted by Crippen LogP contribution is -2.34. The van der Waals surface area contributed by atoms with E-state index in [1.807, 2.05) is 6.92 Å². The number of furan rings is 1. The molecule has 0 aliphatic heterocycles. The molecule has 1 heterocycles. The van der Waals surface area contributed by atoms with Gasteiger partial charge in [0.2, 0.25) is 0 Å². The molecule has 0 radical (unpaired) electrons. The summed E-state index contributed by atoms with van der Waals surface area (Å²) < 4.78 is 10.4. The van der Waals surface area contributed by atoms with Crippen molar-refractivity contribution in [2.24, 2.45) is 0 Å². The van der Waals surface area contributed by atoms with E-state index in [2.05, 4.69) is 5.32 Å². The first-order chi connectivity index (χ1) is 8.86. The molecule has 6 heteroatoms. The number of carbonyl (C=O) groups is 2. The van der Waals surface area contributed by atoms with E-state index < -0.39 is 12.1 Å². The molecule has 0 saturated heterocycles. The molecule has 106 valence electrons. The number of hydrogen-bond donors (Lipinski definition) is 2. The lowest BCUT2D eigenvalue weighted by atomic mass is 10.1. The lowest BCUT2D eigenvalue weighted by molar-refractivity contribution is -0.139. The van der Waals surface area contributed by atoms with Crippen LogP contribution >= 0.6 is 0 Å². The summed E-state index contributed by atoms with van der Waals surface area (Å²) in [4.78, 5) is 22.6. The molecule has 2 N–H and O–H groups in total. The van der Waals surface area contributed by atoms with Crippen LogP contribution in [0.4, 0.5) is 0 Å². The zero-order valence-electron chi connectivity index (χ0n) is 11.6. The van der Waals surface area contributed by atoms with Gasteiger partial charge in [-0.15, -0.1) is 0 Å². The standard InChI is InChI=1S/C13H19NO5/c1-7-8(2)19-9(3)12(7)13(17)14-6-10(18-4)5-11(15)16/h10H,5-6H2,1-4H3,(H,14,17)(H,15,16). The number of nitrogens with one attached hydrogen (secondary N) is 1. The number of carboxylic acid groups (broad SMARTS) is 1. The van der Waals surface area contributed by atoms with Crippen LogP contribution in [0.25, 0.3) is 0 Å². The molecule has 1 aromatic rings. The first kappa shape index (κ1) is 15.2. The van der Waals surface area contributed by atoms with Crippen LogP contribution in [0.2, 0.25) is 0 Å². The minimum Gasteiger partial charge on any atom is -0.481 e. The van der Waals surface area contributed by atoms with E-state index in [-0.39, 0.29) is 18.9 Å². The van der Waals surface area contributed by atoms with Crippen LogP contribution in [0.1, 0.15) is 33.9 Å². The number of carbonyl (C=O) groups excluding carboxylic acids is 1. The average molecular weight is 269 g/mol. The lowest BCUT2D eigenvalue weighted by Gasteiger charge is -2.14. The van der Waals surface area contributed by atoms with Crippen LogP contribution in [0.15, 0.2) is 4.42 Å². The van der Waals surface area contributed by atoms with Crippen molar-refractivity contribution in [3.63, 3.8) is 0 Å². The molecule has 1 aromatic heterocycles. The van der Waals surface area contributed by atoms with Gasteiger partial charge in [-0.2, -0.15) is 0 Å². The quantitative estimate of drug-likeness (QED) is 0.815. The largest absolute Gasteiger partial charge is 0.481 e. The highest BCUT2D eigenvalue weighted by Gasteiger charge is 2.20. The van der Waals surface area contributed by atoms with Gasteiger partial charge in [-0.25, -0.2) is 0 Å². The van der Waals surface area contributed by atoms with E-state index in [0.717, 1.165) is 5.56 Å². The zero-order valence-corrected chi connectivity index (χ0v) is 11.6. The Morgan fingerprint density at radius 1 is 1.32 bits per heavy atom. The molecule has 1 atom stereocenters. The highest BCUT2D eigenvalue weighted by atomic mass is 16.5. The first-order valence-corrected chi connectivity index (χ1v) is 5.96. The maximum absolute atomic E-state index is 12.0.